The van der Waals surface area contributed by atoms with Gasteiger partial charge in [-0.3, -0.25) is 0 Å². The largest absolute Gasteiger partial charge is 0.399 e. The lowest BCUT2D eigenvalue weighted by Gasteiger charge is -2.29. The highest BCUT2D eigenvalue weighted by Gasteiger charge is 2.14. The highest BCUT2D eigenvalue weighted by Crippen LogP contribution is 2.22. The van der Waals surface area contributed by atoms with E-state index in [0.717, 1.165) is 26.2 Å². The van der Waals surface area contributed by atoms with Gasteiger partial charge >= 0.3 is 0 Å². The van der Waals surface area contributed by atoms with E-state index in [4.69, 9.17) is 5.73 Å². The van der Waals surface area contributed by atoms with Crippen molar-refractivity contribution in [3.05, 3.63) is 24.0 Å². The van der Waals surface area contributed by atoms with Crippen LogP contribution in [0.1, 0.15) is 0 Å². The molecule has 5 heteroatoms. The summed E-state index contributed by atoms with van der Waals surface area (Å²) in [6.07, 6.45) is 0. The van der Waals surface area contributed by atoms with Crippen LogP contribution in [-0.4, -0.2) is 26.2 Å². The number of nitrogens with two attached hydrogens (primary N) is 1. The zero-order chi connectivity index (χ0) is 9.97. The fraction of sp³-hybridized carbons (Fsp3) is 0.400. The van der Waals surface area contributed by atoms with E-state index in [1.54, 1.807) is 12.1 Å². The lowest BCUT2D eigenvalue weighted by Crippen LogP contribution is -2.43. The van der Waals surface area contributed by atoms with Gasteiger partial charge in [-0.05, 0) is 18.2 Å². The average molecular weight is 232 g/mol. The van der Waals surface area contributed by atoms with Gasteiger partial charge in [0.15, 0.2) is 0 Å². The predicted octanol–water partition coefficient (Wildman–Crippen LogP) is 1.24. The van der Waals surface area contributed by atoms with Gasteiger partial charge in [-0.15, -0.1) is 12.4 Å². The Hall–Kier alpha value is -1.00. The fourth-order valence-electron chi connectivity index (χ4n) is 1.68. The van der Waals surface area contributed by atoms with Gasteiger partial charge in [-0.25, -0.2) is 4.39 Å². The average Bonchev–Trinajstić information content (AvgIpc) is 2.23. The third kappa shape index (κ3) is 2.73. The number of nitrogen functional groups attached to an aromatic ring is 1. The SMILES string of the molecule is Cl.Nc1ccc(F)c(N2CCNCC2)c1. The zero-order valence-electron chi connectivity index (χ0n) is 8.37. The van der Waals surface area contributed by atoms with Gasteiger partial charge in [0.05, 0.1) is 5.69 Å². The second kappa shape index (κ2) is 5.19. The first-order valence-corrected chi connectivity index (χ1v) is 4.78. The van der Waals surface area contributed by atoms with Crippen molar-refractivity contribution >= 4 is 23.8 Å². The number of halogens is 2. The summed E-state index contributed by atoms with van der Waals surface area (Å²) in [6.45, 7) is 3.46. The standard InChI is InChI=1S/C10H14FN3.ClH/c11-9-2-1-8(12)7-10(9)14-5-3-13-4-6-14;/h1-2,7,13H,3-6,12H2;1H. The van der Waals surface area contributed by atoms with Crippen LogP contribution in [0.15, 0.2) is 18.2 Å². The molecule has 84 valence electrons. The van der Waals surface area contributed by atoms with E-state index in [-0.39, 0.29) is 18.2 Å². The number of rotatable bonds is 1. The van der Waals surface area contributed by atoms with E-state index < -0.39 is 0 Å². The molecule has 1 aliphatic rings. The summed E-state index contributed by atoms with van der Waals surface area (Å²) in [4.78, 5) is 2.02. The van der Waals surface area contributed by atoms with Crippen molar-refractivity contribution in [3.63, 3.8) is 0 Å². The highest BCUT2D eigenvalue weighted by atomic mass is 35.5. The van der Waals surface area contributed by atoms with Crippen LogP contribution >= 0.6 is 12.4 Å². The summed E-state index contributed by atoms with van der Waals surface area (Å²) in [7, 11) is 0. The summed E-state index contributed by atoms with van der Waals surface area (Å²) in [6, 6.07) is 4.70. The molecular formula is C10H15ClFN3. The normalized spacial score (nSPS) is 15.9. The molecule has 0 saturated carbocycles. The van der Waals surface area contributed by atoms with Crippen LogP contribution < -0.4 is 16.0 Å². The molecule has 1 aromatic rings. The van der Waals surface area contributed by atoms with Crippen molar-refractivity contribution in [2.24, 2.45) is 0 Å². The summed E-state index contributed by atoms with van der Waals surface area (Å²) in [5.74, 6) is -0.193. The first kappa shape index (κ1) is 12.1. The zero-order valence-corrected chi connectivity index (χ0v) is 9.19. The number of hydrogen-bond donors (Lipinski definition) is 2. The molecule has 0 aliphatic carbocycles. The molecule has 3 nitrogen and oxygen atoms in total. The van der Waals surface area contributed by atoms with Gasteiger partial charge in [-0.1, -0.05) is 0 Å². The van der Waals surface area contributed by atoms with E-state index in [1.165, 1.54) is 6.07 Å². The maximum absolute atomic E-state index is 13.4. The van der Waals surface area contributed by atoms with Gasteiger partial charge in [0.2, 0.25) is 0 Å². The van der Waals surface area contributed by atoms with E-state index in [0.29, 0.717) is 11.4 Å². The molecule has 1 heterocycles. The molecule has 0 bridgehead atoms. The Kier molecular flexibility index (Phi) is 4.17. The van der Waals surface area contributed by atoms with Crippen LogP contribution in [0.25, 0.3) is 0 Å². The molecule has 2 rings (SSSR count). The quantitative estimate of drug-likeness (QED) is 0.715. The van der Waals surface area contributed by atoms with Crippen LogP contribution in [0, 0.1) is 5.82 Å². The van der Waals surface area contributed by atoms with E-state index in [9.17, 15) is 4.39 Å². The Morgan fingerprint density at radius 2 is 1.93 bits per heavy atom. The summed E-state index contributed by atoms with van der Waals surface area (Å²) < 4.78 is 13.4. The van der Waals surface area contributed by atoms with Crippen molar-refractivity contribution in [1.82, 2.24) is 5.32 Å². The van der Waals surface area contributed by atoms with Crippen LogP contribution in [0.5, 0.6) is 0 Å². The molecule has 0 aromatic heterocycles. The van der Waals surface area contributed by atoms with Gasteiger partial charge in [0, 0.05) is 31.9 Å². The monoisotopic (exact) mass is 231 g/mol. The molecule has 15 heavy (non-hydrogen) atoms. The first-order chi connectivity index (χ1) is 6.77. The molecule has 0 radical (unpaired) electrons. The topological polar surface area (TPSA) is 41.3 Å². The Labute approximate surface area is 94.9 Å². The van der Waals surface area contributed by atoms with Crippen molar-refractivity contribution in [1.29, 1.82) is 0 Å². The summed E-state index contributed by atoms with van der Waals surface area (Å²) in [5.41, 5.74) is 6.85. The van der Waals surface area contributed by atoms with E-state index in [2.05, 4.69) is 5.32 Å². The second-order valence-corrected chi connectivity index (χ2v) is 3.45. The Morgan fingerprint density at radius 1 is 1.27 bits per heavy atom. The number of anilines is 2. The van der Waals surface area contributed by atoms with Crippen molar-refractivity contribution in [2.75, 3.05) is 36.8 Å². The molecule has 1 aliphatic heterocycles. The third-order valence-electron chi connectivity index (χ3n) is 2.43. The first-order valence-electron chi connectivity index (χ1n) is 4.78. The lowest BCUT2D eigenvalue weighted by atomic mass is 10.2. The molecule has 3 N–H and O–H groups in total. The molecule has 0 atom stereocenters. The molecule has 1 saturated heterocycles. The minimum Gasteiger partial charge on any atom is -0.399 e. The van der Waals surface area contributed by atoms with Crippen LogP contribution in [0.3, 0.4) is 0 Å². The number of piperazine rings is 1. The van der Waals surface area contributed by atoms with Crippen LogP contribution in [0.4, 0.5) is 15.8 Å². The number of hydrogen-bond acceptors (Lipinski definition) is 3. The predicted molar refractivity (Wildman–Crippen MR) is 63.1 cm³/mol. The number of nitrogens with one attached hydrogen (secondary N) is 1. The summed E-state index contributed by atoms with van der Waals surface area (Å²) >= 11 is 0. The fourth-order valence-corrected chi connectivity index (χ4v) is 1.68. The van der Waals surface area contributed by atoms with Crippen molar-refractivity contribution in [3.8, 4) is 0 Å². The minimum atomic E-state index is -0.193. The maximum atomic E-state index is 13.4. The number of nitrogens with zero attached hydrogens (tertiary/aromatic N) is 1. The smallest absolute Gasteiger partial charge is 0.146 e. The maximum Gasteiger partial charge on any atom is 0.146 e. The molecule has 1 fully saturated rings. The minimum absolute atomic E-state index is 0. The second-order valence-electron chi connectivity index (χ2n) is 3.45. The Bertz CT molecular complexity index is 326. The van der Waals surface area contributed by atoms with Gasteiger partial charge < -0.3 is 16.0 Å². The highest BCUT2D eigenvalue weighted by molar-refractivity contribution is 5.85. The van der Waals surface area contributed by atoms with Crippen LogP contribution in [0.2, 0.25) is 0 Å². The van der Waals surface area contributed by atoms with Crippen molar-refractivity contribution < 1.29 is 4.39 Å². The van der Waals surface area contributed by atoms with Gasteiger partial charge in [0.1, 0.15) is 5.82 Å². The third-order valence-corrected chi connectivity index (χ3v) is 2.43. The Balaban J connectivity index is 0.00000112. The van der Waals surface area contributed by atoms with Gasteiger partial charge in [-0.2, -0.15) is 0 Å². The molecule has 1 aromatic carbocycles. The number of benzene rings is 1. The van der Waals surface area contributed by atoms with E-state index in [1.807, 2.05) is 4.90 Å². The van der Waals surface area contributed by atoms with Gasteiger partial charge in [0.25, 0.3) is 0 Å². The van der Waals surface area contributed by atoms with Crippen molar-refractivity contribution in [2.45, 2.75) is 0 Å². The van der Waals surface area contributed by atoms with Crippen LogP contribution in [-0.2, 0) is 0 Å². The lowest BCUT2D eigenvalue weighted by molar-refractivity contribution is 0.566. The molecular weight excluding hydrogens is 217 g/mol. The molecule has 0 unspecified atom stereocenters. The summed E-state index contributed by atoms with van der Waals surface area (Å²) in [5, 5.41) is 3.22. The van der Waals surface area contributed by atoms with E-state index >= 15 is 0 Å². The molecule has 0 amide bonds. The Morgan fingerprint density at radius 3 is 2.60 bits per heavy atom. The molecule has 0 spiro atoms.